The first-order chi connectivity index (χ1) is 13.6. The normalized spacial score (nSPS) is 21.8. The van der Waals surface area contributed by atoms with Crippen molar-refractivity contribution < 1.29 is 32.7 Å². The summed E-state index contributed by atoms with van der Waals surface area (Å²) >= 11 is 0. The molecule has 0 aliphatic carbocycles. The smallest absolute Gasteiger partial charge is 0.475 e. The maximum absolute atomic E-state index is 12.3. The van der Waals surface area contributed by atoms with E-state index in [1.165, 1.54) is 32.0 Å². The topological polar surface area (TPSA) is 81.2 Å². The molecule has 0 saturated carbocycles. The van der Waals surface area contributed by atoms with Crippen molar-refractivity contribution >= 4 is 17.8 Å². The van der Waals surface area contributed by atoms with Crippen molar-refractivity contribution in [3.05, 3.63) is 12.7 Å². The molecule has 7 nitrogen and oxygen atoms in total. The highest BCUT2D eigenvalue weighted by atomic mass is 19.4. The summed E-state index contributed by atoms with van der Waals surface area (Å²) in [4.78, 5) is 39.4. The number of carbonyl (C=O) groups excluding carboxylic acids is 2. The lowest BCUT2D eigenvalue weighted by Gasteiger charge is -2.45. The van der Waals surface area contributed by atoms with Gasteiger partial charge in [-0.1, -0.05) is 6.58 Å². The molecule has 10 heteroatoms. The zero-order valence-electron chi connectivity index (χ0n) is 16.4. The number of hydrogen-bond acceptors (Lipinski definition) is 4. The Morgan fingerprint density at radius 3 is 2.10 bits per heavy atom. The Labute approximate surface area is 168 Å². The largest absolute Gasteiger partial charge is 0.490 e. The van der Waals surface area contributed by atoms with Gasteiger partial charge in [0.15, 0.2) is 0 Å². The molecule has 0 aromatic heterocycles. The van der Waals surface area contributed by atoms with Crippen LogP contribution < -0.4 is 0 Å². The lowest BCUT2D eigenvalue weighted by molar-refractivity contribution is -0.192. The molecule has 3 heterocycles. The standard InChI is InChI=1S/C17H27N3O2.C2HF3O2/c1-2-15(21)19-11-7-17(8-12-19)6-5-16(22)20(17)14-13-18-9-3-4-10-18;3-2(4,5)1(6)7/h2H,1,3-14H2;(H,6,7). The van der Waals surface area contributed by atoms with E-state index in [4.69, 9.17) is 9.90 Å². The van der Waals surface area contributed by atoms with Gasteiger partial charge in [-0.05, 0) is 51.3 Å². The molecule has 29 heavy (non-hydrogen) atoms. The van der Waals surface area contributed by atoms with E-state index in [9.17, 15) is 22.8 Å². The molecule has 2 amide bonds. The maximum Gasteiger partial charge on any atom is 0.490 e. The van der Waals surface area contributed by atoms with Gasteiger partial charge < -0.3 is 19.8 Å². The Morgan fingerprint density at radius 2 is 1.62 bits per heavy atom. The summed E-state index contributed by atoms with van der Waals surface area (Å²) in [5, 5.41) is 7.12. The number of hydrogen-bond donors (Lipinski definition) is 1. The van der Waals surface area contributed by atoms with Crippen LogP contribution in [0.5, 0.6) is 0 Å². The number of carboxylic acids is 1. The Morgan fingerprint density at radius 1 is 1.07 bits per heavy atom. The highest BCUT2D eigenvalue weighted by Crippen LogP contribution is 2.39. The summed E-state index contributed by atoms with van der Waals surface area (Å²) in [6.07, 6.45) is 2.35. The van der Waals surface area contributed by atoms with Crippen LogP contribution in [-0.2, 0) is 14.4 Å². The fraction of sp³-hybridized carbons (Fsp3) is 0.737. The van der Waals surface area contributed by atoms with E-state index in [-0.39, 0.29) is 11.4 Å². The van der Waals surface area contributed by atoms with Gasteiger partial charge in [-0.3, -0.25) is 9.59 Å². The zero-order chi connectivity index (χ0) is 21.7. The molecule has 1 spiro atoms. The Bertz CT molecular complexity index is 625. The van der Waals surface area contributed by atoms with Crippen molar-refractivity contribution in [2.24, 2.45) is 0 Å². The second-order valence-corrected chi connectivity index (χ2v) is 7.65. The van der Waals surface area contributed by atoms with Crippen LogP contribution in [0.2, 0.25) is 0 Å². The van der Waals surface area contributed by atoms with Crippen molar-refractivity contribution in [3.63, 3.8) is 0 Å². The van der Waals surface area contributed by atoms with Crippen molar-refractivity contribution in [2.75, 3.05) is 39.3 Å². The van der Waals surface area contributed by atoms with Crippen molar-refractivity contribution in [1.29, 1.82) is 0 Å². The highest BCUT2D eigenvalue weighted by molar-refractivity contribution is 5.87. The quantitative estimate of drug-likeness (QED) is 0.704. The van der Waals surface area contributed by atoms with Crippen LogP contribution in [0.4, 0.5) is 13.2 Å². The number of aliphatic carboxylic acids is 1. The maximum atomic E-state index is 12.3. The fourth-order valence-corrected chi connectivity index (χ4v) is 4.28. The fourth-order valence-electron chi connectivity index (χ4n) is 4.28. The molecule has 3 fully saturated rings. The summed E-state index contributed by atoms with van der Waals surface area (Å²) in [6.45, 7) is 9.27. The zero-order valence-corrected chi connectivity index (χ0v) is 16.4. The van der Waals surface area contributed by atoms with Gasteiger partial charge in [0.25, 0.3) is 0 Å². The summed E-state index contributed by atoms with van der Waals surface area (Å²) < 4.78 is 31.7. The third kappa shape index (κ3) is 5.94. The van der Waals surface area contributed by atoms with Gasteiger partial charge in [0, 0.05) is 38.1 Å². The summed E-state index contributed by atoms with van der Waals surface area (Å²) in [5.74, 6) is -2.43. The molecule has 3 rings (SSSR count). The lowest BCUT2D eigenvalue weighted by atomic mass is 9.85. The second-order valence-electron chi connectivity index (χ2n) is 7.65. The molecule has 0 unspecified atom stereocenters. The van der Waals surface area contributed by atoms with Gasteiger partial charge in [0.2, 0.25) is 11.8 Å². The molecule has 0 aromatic carbocycles. The SMILES string of the molecule is C=CC(=O)N1CCC2(CCC(=O)N2CCN2CCCC2)CC1.O=C(O)C(F)(F)F. The van der Waals surface area contributed by atoms with Crippen molar-refractivity contribution in [2.45, 2.75) is 50.2 Å². The van der Waals surface area contributed by atoms with Gasteiger partial charge in [0.1, 0.15) is 0 Å². The number of piperidine rings is 1. The van der Waals surface area contributed by atoms with Crippen LogP contribution in [0.3, 0.4) is 0 Å². The summed E-state index contributed by atoms with van der Waals surface area (Å²) in [6, 6.07) is 0. The van der Waals surface area contributed by atoms with E-state index in [1.54, 1.807) is 0 Å². The molecule has 3 aliphatic rings. The Balaban J connectivity index is 0.000000370. The predicted octanol–water partition coefficient (Wildman–Crippen LogP) is 1.89. The average molecular weight is 419 g/mol. The molecule has 0 aromatic rings. The van der Waals surface area contributed by atoms with Crippen molar-refractivity contribution in [3.8, 4) is 0 Å². The third-order valence-electron chi connectivity index (χ3n) is 5.94. The average Bonchev–Trinajstić information content (AvgIpc) is 3.29. The number of rotatable bonds is 4. The van der Waals surface area contributed by atoms with E-state index >= 15 is 0 Å². The van der Waals surface area contributed by atoms with Crippen LogP contribution in [0.25, 0.3) is 0 Å². The molecule has 164 valence electrons. The molecule has 0 radical (unpaired) electrons. The molecule has 0 atom stereocenters. The summed E-state index contributed by atoms with van der Waals surface area (Å²) in [7, 11) is 0. The Kier molecular flexibility index (Phi) is 7.67. The van der Waals surface area contributed by atoms with Crippen LogP contribution in [0.15, 0.2) is 12.7 Å². The van der Waals surface area contributed by atoms with Crippen LogP contribution >= 0.6 is 0 Å². The molecular weight excluding hydrogens is 391 g/mol. The Hall–Kier alpha value is -2.10. The number of alkyl halides is 3. The van der Waals surface area contributed by atoms with Crippen LogP contribution in [0.1, 0.15) is 38.5 Å². The van der Waals surface area contributed by atoms with E-state index in [0.717, 1.165) is 45.4 Å². The van der Waals surface area contributed by atoms with E-state index < -0.39 is 12.1 Å². The predicted molar refractivity (Wildman–Crippen MR) is 99.1 cm³/mol. The number of carboxylic acid groups (broad SMARTS) is 1. The van der Waals surface area contributed by atoms with Gasteiger partial charge in [-0.25, -0.2) is 4.79 Å². The molecule has 1 N–H and O–H groups in total. The van der Waals surface area contributed by atoms with Crippen LogP contribution in [0, 0.1) is 0 Å². The minimum Gasteiger partial charge on any atom is -0.475 e. The number of nitrogens with zero attached hydrogens (tertiary/aromatic N) is 3. The molecule has 3 saturated heterocycles. The monoisotopic (exact) mass is 419 g/mol. The minimum absolute atomic E-state index is 0.00869. The lowest BCUT2D eigenvalue weighted by Crippen LogP contribution is -2.55. The number of amides is 2. The second kappa shape index (κ2) is 9.60. The van der Waals surface area contributed by atoms with E-state index in [0.29, 0.717) is 12.3 Å². The number of halogens is 3. The third-order valence-corrected chi connectivity index (χ3v) is 5.94. The highest BCUT2D eigenvalue weighted by Gasteiger charge is 2.47. The molecule has 3 aliphatic heterocycles. The van der Waals surface area contributed by atoms with Gasteiger partial charge in [-0.2, -0.15) is 13.2 Å². The van der Waals surface area contributed by atoms with Gasteiger partial charge in [0.05, 0.1) is 0 Å². The summed E-state index contributed by atoms with van der Waals surface area (Å²) in [5.41, 5.74) is 0.00869. The van der Waals surface area contributed by atoms with Crippen molar-refractivity contribution in [1.82, 2.24) is 14.7 Å². The number of likely N-dealkylation sites (tertiary alicyclic amines) is 3. The first-order valence-corrected chi connectivity index (χ1v) is 9.83. The first kappa shape index (κ1) is 23.2. The van der Waals surface area contributed by atoms with Gasteiger partial charge >= 0.3 is 12.1 Å². The van der Waals surface area contributed by atoms with Gasteiger partial charge in [-0.15, -0.1) is 0 Å². The minimum atomic E-state index is -5.08. The first-order valence-electron chi connectivity index (χ1n) is 9.83. The van der Waals surface area contributed by atoms with E-state index in [1.807, 2.05) is 4.90 Å². The number of carbonyl (C=O) groups is 3. The van der Waals surface area contributed by atoms with E-state index in [2.05, 4.69) is 16.4 Å². The molecule has 0 bridgehead atoms. The molecular formula is C19H28F3N3O4. The van der Waals surface area contributed by atoms with Crippen LogP contribution in [-0.4, -0.2) is 88.6 Å².